The van der Waals surface area contributed by atoms with E-state index in [4.69, 9.17) is 16.3 Å². The maximum absolute atomic E-state index is 11.9. The molecule has 0 heterocycles. The number of carbonyl (C=O) groups is 1. The minimum atomic E-state index is -0.0571. The highest BCUT2D eigenvalue weighted by molar-refractivity contribution is 6.30. The van der Waals surface area contributed by atoms with Crippen LogP contribution < -0.4 is 15.4 Å². The molecule has 0 spiro atoms. The molecule has 0 bridgehead atoms. The lowest BCUT2D eigenvalue weighted by molar-refractivity contribution is -0.119. The van der Waals surface area contributed by atoms with Crippen molar-refractivity contribution in [2.75, 3.05) is 25.0 Å². The fourth-order valence-corrected chi connectivity index (χ4v) is 2.38. The number of nitrogens with one attached hydrogen (secondary N) is 2. The molecule has 4 nitrogen and oxygen atoms in total. The lowest BCUT2D eigenvalue weighted by atomic mass is 10.1. The Morgan fingerprint density at radius 1 is 1.17 bits per heavy atom. The summed E-state index contributed by atoms with van der Waals surface area (Å²) in [5, 5.41) is 6.70. The summed E-state index contributed by atoms with van der Waals surface area (Å²) in [6.07, 6.45) is 0.752. The van der Waals surface area contributed by atoms with Crippen LogP contribution in [0, 0.1) is 0 Å². The lowest BCUT2D eigenvalue weighted by Crippen LogP contribution is -2.31. The van der Waals surface area contributed by atoms with Crippen molar-refractivity contribution < 1.29 is 9.53 Å². The Morgan fingerprint density at radius 2 is 2.00 bits per heavy atom. The van der Waals surface area contributed by atoms with Gasteiger partial charge >= 0.3 is 0 Å². The molecule has 0 aliphatic carbocycles. The second-order valence-corrected chi connectivity index (χ2v) is 5.45. The Hall–Kier alpha value is -2.20. The van der Waals surface area contributed by atoms with Gasteiger partial charge in [0.25, 0.3) is 0 Å². The van der Waals surface area contributed by atoms with Crippen LogP contribution in [0.2, 0.25) is 5.02 Å². The Balaban J connectivity index is 1.75. The smallest absolute Gasteiger partial charge is 0.239 e. The number of para-hydroxylation sites is 2. The number of carbonyl (C=O) groups excluding carboxylic acids is 1. The summed E-state index contributed by atoms with van der Waals surface area (Å²) >= 11 is 5.94. The van der Waals surface area contributed by atoms with Crippen molar-refractivity contribution in [1.29, 1.82) is 0 Å². The zero-order valence-corrected chi connectivity index (χ0v) is 13.9. The second-order valence-electron chi connectivity index (χ2n) is 5.01. The molecule has 2 rings (SSSR count). The lowest BCUT2D eigenvalue weighted by Gasteiger charge is -2.12. The average molecular weight is 333 g/mol. The number of hydrogen-bond acceptors (Lipinski definition) is 3. The molecular formula is C18H21ClN2O2. The largest absolute Gasteiger partial charge is 0.492 e. The third kappa shape index (κ3) is 5.83. The summed E-state index contributed by atoms with van der Waals surface area (Å²) in [5.41, 5.74) is 1.92. The predicted molar refractivity (Wildman–Crippen MR) is 94.3 cm³/mol. The number of benzene rings is 2. The van der Waals surface area contributed by atoms with Crippen molar-refractivity contribution in [1.82, 2.24) is 5.32 Å². The normalized spacial score (nSPS) is 10.2. The second kappa shape index (κ2) is 9.06. The van der Waals surface area contributed by atoms with Gasteiger partial charge in [-0.3, -0.25) is 4.79 Å². The van der Waals surface area contributed by atoms with E-state index in [9.17, 15) is 4.79 Å². The summed E-state index contributed by atoms with van der Waals surface area (Å²) in [4.78, 5) is 11.9. The van der Waals surface area contributed by atoms with Gasteiger partial charge in [0.05, 0.1) is 18.8 Å². The van der Waals surface area contributed by atoms with Gasteiger partial charge in [0, 0.05) is 11.6 Å². The van der Waals surface area contributed by atoms with Crippen molar-refractivity contribution in [2.45, 2.75) is 13.3 Å². The maximum Gasteiger partial charge on any atom is 0.239 e. The van der Waals surface area contributed by atoms with Gasteiger partial charge in [-0.15, -0.1) is 0 Å². The van der Waals surface area contributed by atoms with Gasteiger partial charge in [-0.25, -0.2) is 0 Å². The fourth-order valence-electron chi connectivity index (χ4n) is 2.17. The van der Waals surface area contributed by atoms with Gasteiger partial charge in [-0.05, 0) is 43.2 Å². The SMILES string of the molecule is CCOc1ccccc1NCC(=O)NCCc1cccc(Cl)c1. The van der Waals surface area contributed by atoms with Gasteiger partial charge in [0.1, 0.15) is 5.75 Å². The first-order valence-corrected chi connectivity index (χ1v) is 8.03. The molecule has 0 atom stereocenters. The quantitative estimate of drug-likeness (QED) is 0.777. The summed E-state index contributed by atoms with van der Waals surface area (Å²) in [5.74, 6) is 0.694. The van der Waals surface area contributed by atoms with Crippen LogP contribution in [0.25, 0.3) is 0 Å². The van der Waals surface area contributed by atoms with Crippen LogP contribution in [0.3, 0.4) is 0 Å². The first-order chi connectivity index (χ1) is 11.2. The Labute approximate surface area is 141 Å². The van der Waals surface area contributed by atoms with Gasteiger partial charge in [-0.2, -0.15) is 0 Å². The number of amides is 1. The van der Waals surface area contributed by atoms with E-state index in [1.165, 1.54) is 0 Å². The molecule has 1 amide bonds. The van der Waals surface area contributed by atoms with Gasteiger partial charge in [0.2, 0.25) is 5.91 Å². The number of rotatable bonds is 8. The molecule has 0 fully saturated rings. The molecular weight excluding hydrogens is 312 g/mol. The van der Waals surface area contributed by atoms with Crippen molar-refractivity contribution in [3.05, 3.63) is 59.1 Å². The van der Waals surface area contributed by atoms with Crippen LogP contribution in [0.5, 0.6) is 5.75 Å². The maximum atomic E-state index is 11.9. The van der Waals surface area contributed by atoms with Crippen LogP contribution in [-0.4, -0.2) is 25.6 Å². The highest BCUT2D eigenvalue weighted by atomic mass is 35.5. The monoisotopic (exact) mass is 332 g/mol. The highest BCUT2D eigenvalue weighted by Gasteiger charge is 2.05. The molecule has 0 unspecified atom stereocenters. The van der Waals surface area contributed by atoms with Crippen LogP contribution in [0.1, 0.15) is 12.5 Å². The summed E-state index contributed by atoms with van der Waals surface area (Å²) in [6, 6.07) is 15.2. The van der Waals surface area contributed by atoms with Crippen LogP contribution >= 0.6 is 11.6 Å². The van der Waals surface area contributed by atoms with Crippen LogP contribution in [0.15, 0.2) is 48.5 Å². The number of halogens is 1. The Bertz CT molecular complexity index is 646. The predicted octanol–water partition coefficient (Wildman–Crippen LogP) is 3.51. The Morgan fingerprint density at radius 3 is 2.78 bits per heavy atom. The summed E-state index contributed by atoms with van der Waals surface area (Å²) in [7, 11) is 0. The molecule has 2 aromatic carbocycles. The van der Waals surface area contributed by atoms with Gasteiger partial charge in [0.15, 0.2) is 0 Å². The van der Waals surface area contributed by atoms with E-state index in [1.807, 2.05) is 55.5 Å². The Kier molecular flexibility index (Phi) is 6.76. The molecule has 23 heavy (non-hydrogen) atoms. The molecule has 0 aromatic heterocycles. The zero-order chi connectivity index (χ0) is 16.5. The third-order valence-electron chi connectivity index (χ3n) is 3.25. The van der Waals surface area contributed by atoms with Gasteiger partial charge in [-0.1, -0.05) is 35.9 Å². The number of hydrogen-bond donors (Lipinski definition) is 2. The molecule has 0 radical (unpaired) electrons. The van der Waals surface area contributed by atoms with Crippen molar-refractivity contribution in [2.24, 2.45) is 0 Å². The van der Waals surface area contributed by atoms with E-state index in [-0.39, 0.29) is 12.5 Å². The van der Waals surface area contributed by atoms with Crippen molar-refractivity contribution in [3.8, 4) is 5.75 Å². The first kappa shape index (κ1) is 17.2. The summed E-state index contributed by atoms with van der Waals surface area (Å²) < 4.78 is 5.51. The van der Waals surface area contributed by atoms with E-state index >= 15 is 0 Å². The van der Waals surface area contributed by atoms with Crippen LogP contribution in [-0.2, 0) is 11.2 Å². The molecule has 2 N–H and O–H groups in total. The molecule has 0 aliphatic rings. The molecule has 122 valence electrons. The van der Waals surface area contributed by atoms with E-state index < -0.39 is 0 Å². The highest BCUT2D eigenvalue weighted by Crippen LogP contribution is 2.23. The van der Waals surface area contributed by atoms with Crippen molar-refractivity contribution >= 4 is 23.2 Å². The minimum Gasteiger partial charge on any atom is -0.492 e. The van der Waals surface area contributed by atoms with Gasteiger partial charge < -0.3 is 15.4 Å². The topological polar surface area (TPSA) is 50.4 Å². The average Bonchev–Trinajstić information content (AvgIpc) is 2.54. The zero-order valence-electron chi connectivity index (χ0n) is 13.1. The minimum absolute atomic E-state index is 0.0571. The van der Waals surface area contributed by atoms with E-state index in [1.54, 1.807) is 0 Å². The molecule has 0 saturated heterocycles. The number of ether oxygens (including phenoxy) is 1. The molecule has 0 aliphatic heterocycles. The van der Waals surface area contributed by atoms with E-state index in [2.05, 4.69) is 10.6 Å². The standard InChI is InChI=1S/C18H21ClN2O2/c1-2-23-17-9-4-3-8-16(17)21-13-18(22)20-11-10-14-6-5-7-15(19)12-14/h3-9,12,21H,2,10-11,13H2,1H3,(H,20,22). The van der Waals surface area contributed by atoms with Crippen LogP contribution in [0.4, 0.5) is 5.69 Å². The first-order valence-electron chi connectivity index (χ1n) is 7.66. The van der Waals surface area contributed by atoms with Crippen molar-refractivity contribution in [3.63, 3.8) is 0 Å². The summed E-state index contributed by atoms with van der Waals surface area (Å²) in [6.45, 7) is 3.30. The molecule has 5 heteroatoms. The van der Waals surface area contributed by atoms with E-state index in [0.29, 0.717) is 18.2 Å². The fraction of sp³-hybridized carbons (Fsp3) is 0.278. The number of anilines is 1. The molecule has 2 aromatic rings. The molecule has 0 saturated carbocycles. The third-order valence-corrected chi connectivity index (χ3v) is 3.49. The van der Waals surface area contributed by atoms with E-state index in [0.717, 1.165) is 23.4 Å².